The molecule has 5 aromatic rings. The predicted octanol–water partition coefficient (Wildman–Crippen LogP) is 6.09. The van der Waals surface area contributed by atoms with E-state index in [1.807, 2.05) is 55.8 Å². The maximum atomic E-state index is 12.2. The molecule has 1 aliphatic heterocycles. The highest BCUT2D eigenvalue weighted by atomic mass is 16.7. The SMILES string of the molecule is COC(=O)c1ccc(-c2nn(C(c3ccccc3)(c3ccccc3)c3ccccc3)cc2B2OC(C)C(C)(C)O2)cc1. The summed E-state index contributed by atoms with van der Waals surface area (Å²) < 4.78 is 19.8. The Bertz CT molecular complexity index is 1570. The molecule has 4 aromatic carbocycles. The van der Waals surface area contributed by atoms with Crippen molar-refractivity contribution in [3.05, 3.63) is 144 Å². The van der Waals surface area contributed by atoms with Gasteiger partial charge in [-0.2, -0.15) is 5.10 Å². The van der Waals surface area contributed by atoms with E-state index >= 15 is 0 Å². The number of carbonyl (C=O) groups is 1. The molecule has 6 nitrogen and oxygen atoms in total. The van der Waals surface area contributed by atoms with Crippen molar-refractivity contribution in [2.45, 2.75) is 38.0 Å². The first-order valence-electron chi connectivity index (χ1n) is 14.1. The smallest absolute Gasteiger partial charge is 0.465 e. The van der Waals surface area contributed by atoms with Gasteiger partial charge in [0.2, 0.25) is 0 Å². The number of methoxy groups -OCH3 is 1. The van der Waals surface area contributed by atoms with Crippen LogP contribution in [0.3, 0.4) is 0 Å². The first kappa shape index (κ1) is 27.7. The molecule has 7 heteroatoms. The van der Waals surface area contributed by atoms with Gasteiger partial charge in [-0.15, -0.1) is 0 Å². The Morgan fingerprint density at radius 3 is 1.76 bits per heavy atom. The second-order valence-corrected chi connectivity index (χ2v) is 11.1. The Morgan fingerprint density at radius 1 is 0.833 bits per heavy atom. The second kappa shape index (κ2) is 11.1. The molecule has 1 fully saturated rings. The molecule has 210 valence electrons. The fourth-order valence-corrected chi connectivity index (χ4v) is 5.66. The molecule has 1 unspecified atom stereocenters. The Balaban J connectivity index is 1.64. The zero-order valence-electron chi connectivity index (χ0n) is 24.2. The Hall–Kier alpha value is -4.46. The van der Waals surface area contributed by atoms with Crippen LogP contribution in [-0.2, 0) is 19.6 Å². The van der Waals surface area contributed by atoms with E-state index in [1.165, 1.54) is 7.11 Å². The van der Waals surface area contributed by atoms with Gasteiger partial charge in [0, 0.05) is 17.2 Å². The number of hydrogen-bond donors (Lipinski definition) is 0. The number of benzene rings is 4. The van der Waals surface area contributed by atoms with Crippen molar-refractivity contribution >= 4 is 18.6 Å². The molecule has 0 saturated carbocycles. The summed E-state index contributed by atoms with van der Waals surface area (Å²) in [6, 6.07) is 38.5. The fraction of sp³-hybridized carbons (Fsp3) is 0.200. The van der Waals surface area contributed by atoms with Crippen molar-refractivity contribution in [1.29, 1.82) is 0 Å². The summed E-state index contributed by atoms with van der Waals surface area (Å²) in [7, 11) is 0.753. The van der Waals surface area contributed by atoms with Crippen molar-refractivity contribution < 1.29 is 18.8 Å². The van der Waals surface area contributed by atoms with Crippen molar-refractivity contribution in [3.8, 4) is 11.3 Å². The minimum absolute atomic E-state index is 0.123. The molecular formula is C35H33BN2O4. The van der Waals surface area contributed by atoms with Crippen molar-refractivity contribution in [3.63, 3.8) is 0 Å². The number of hydrogen-bond acceptors (Lipinski definition) is 5. The summed E-state index contributed by atoms with van der Waals surface area (Å²) >= 11 is 0. The molecule has 6 rings (SSSR count). The standard InChI is InChI=1S/C35H33BN2O4/c1-25-34(2,3)42-36(41-25)31-24-38(37-32(31)26-20-22-27(23-21-26)33(39)40-4)35(28-14-8-5-9-15-28,29-16-10-6-11-17-29)30-18-12-7-13-19-30/h5-25H,1-4H3. The number of aromatic nitrogens is 2. The normalized spacial score (nSPS) is 16.4. The molecule has 1 aliphatic rings. The van der Waals surface area contributed by atoms with Crippen molar-refractivity contribution in [2.24, 2.45) is 0 Å². The van der Waals surface area contributed by atoms with Crippen LogP contribution in [0.2, 0.25) is 0 Å². The number of nitrogens with zero attached hydrogens (tertiary/aromatic N) is 2. The van der Waals surface area contributed by atoms with Gasteiger partial charge in [-0.25, -0.2) is 4.79 Å². The number of rotatable bonds is 7. The van der Waals surface area contributed by atoms with E-state index < -0.39 is 18.3 Å². The van der Waals surface area contributed by atoms with Crippen LogP contribution in [0, 0.1) is 0 Å². The van der Waals surface area contributed by atoms with E-state index in [2.05, 4.69) is 79.0 Å². The van der Waals surface area contributed by atoms with Crippen LogP contribution in [0.5, 0.6) is 0 Å². The first-order valence-corrected chi connectivity index (χ1v) is 14.1. The summed E-state index contributed by atoms with van der Waals surface area (Å²) in [6.45, 7) is 6.10. The molecule has 0 N–H and O–H groups in total. The number of carbonyl (C=O) groups excluding carboxylic acids is 1. The third kappa shape index (κ3) is 4.75. The second-order valence-electron chi connectivity index (χ2n) is 11.1. The summed E-state index contributed by atoms with van der Waals surface area (Å²) in [5.41, 5.74) is 4.74. The molecular weight excluding hydrogens is 523 g/mol. The lowest BCUT2D eigenvalue weighted by Gasteiger charge is -2.36. The quantitative estimate of drug-likeness (QED) is 0.138. The van der Waals surface area contributed by atoms with Gasteiger partial charge in [-0.1, -0.05) is 103 Å². The average molecular weight is 556 g/mol. The zero-order valence-corrected chi connectivity index (χ0v) is 24.2. The maximum absolute atomic E-state index is 12.2. The molecule has 1 atom stereocenters. The summed E-state index contributed by atoms with van der Waals surface area (Å²) in [5.74, 6) is -0.387. The largest absolute Gasteiger partial charge is 0.498 e. The van der Waals surface area contributed by atoms with Crippen LogP contribution in [0.4, 0.5) is 0 Å². The zero-order chi connectivity index (χ0) is 29.3. The third-order valence-corrected chi connectivity index (χ3v) is 8.21. The number of ether oxygens (including phenoxy) is 1. The minimum atomic E-state index is -0.803. The molecule has 1 aromatic heterocycles. The van der Waals surface area contributed by atoms with E-state index in [0.717, 1.165) is 27.7 Å². The van der Waals surface area contributed by atoms with Crippen LogP contribution in [0.15, 0.2) is 121 Å². The molecule has 0 radical (unpaired) electrons. The highest BCUT2D eigenvalue weighted by Crippen LogP contribution is 2.41. The first-order chi connectivity index (χ1) is 20.3. The van der Waals surface area contributed by atoms with Gasteiger partial charge in [0.25, 0.3) is 0 Å². The van der Waals surface area contributed by atoms with Crippen LogP contribution in [-0.4, -0.2) is 41.7 Å². The van der Waals surface area contributed by atoms with Crippen LogP contribution >= 0.6 is 0 Å². The molecule has 0 bridgehead atoms. The molecule has 0 spiro atoms. The van der Waals surface area contributed by atoms with Gasteiger partial charge in [0.05, 0.1) is 30.1 Å². The average Bonchev–Trinajstić information content (AvgIpc) is 3.59. The predicted molar refractivity (Wildman–Crippen MR) is 165 cm³/mol. The van der Waals surface area contributed by atoms with E-state index in [1.54, 1.807) is 12.1 Å². The molecule has 2 heterocycles. The number of esters is 1. The lowest BCUT2D eigenvalue weighted by Crippen LogP contribution is -2.39. The van der Waals surface area contributed by atoms with Gasteiger partial charge < -0.3 is 14.0 Å². The van der Waals surface area contributed by atoms with Gasteiger partial charge in [-0.3, -0.25) is 4.68 Å². The Morgan fingerprint density at radius 2 is 1.33 bits per heavy atom. The minimum Gasteiger partial charge on any atom is -0.465 e. The molecule has 0 amide bonds. The fourth-order valence-electron chi connectivity index (χ4n) is 5.66. The topological polar surface area (TPSA) is 62.6 Å². The van der Waals surface area contributed by atoms with Gasteiger partial charge in [0.15, 0.2) is 0 Å². The van der Waals surface area contributed by atoms with Crippen molar-refractivity contribution in [1.82, 2.24) is 9.78 Å². The van der Waals surface area contributed by atoms with E-state index in [4.69, 9.17) is 19.1 Å². The monoisotopic (exact) mass is 556 g/mol. The summed E-state index contributed by atoms with van der Waals surface area (Å²) in [6.07, 6.45) is 1.93. The van der Waals surface area contributed by atoms with Crippen LogP contribution < -0.4 is 5.46 Å². The molecule has 0 aliphatic carbocycles. The molecule has 42 heavy (non-hydrogen) atoms. The summed E-state index contributed by atoms with van der Waals surface area (Å²) in [5, 5.41) is 5.33. The lowest BCUT2D eigenvalue weighted by atomic mass is 9.76. The lowest BCUT2D eigenvalue weighted by molar-refractivity contribution is 0.0600. The third-order valence-electron chi connectivity index (χ3n) is 8.21. The van der Waals surface area contributed by atoms with Crippen LogP contribution in [0.1, 0.15) is 47.8 Å². The van der Waals surface area contributed by atoms with E-state index in [9.17, 15) is 4.79 Å². The summed E-state index contributed by atoms with van der Waals surface area (Å²) in [4.78, 5) is 12.2. The Kier molecular flexibility index (Phi) is 7.31. The van der Waals surface area contributed by atoms with Gasteiger partial charge in [-0.05, 0) is 49.6 Å². The van der Waals surface area contributed by atoms with Crippen LogP contribution in [0.25, 0.3) is 11.3 Å². The molecule has 1 saturated heterocycles. The van der Waals surface area contributed by atoms with E-state index in [0.29, 0.717) is 11.3 Å². The highest BCUT2D eigenvalue weighted by Gasteiger charge is 2.47. The Labute approximate surface area is 247 Å². The maximum Gasteiger partial charge on any atom is 0.498 e. The van der Waals surface area contributed by atoms with Crippen molar-refractivity contribution in [2.75, 3.05) is 7.11 Å². The van der Waals surface area contributed by atoms with Gasteiger partial charge in [0.1, 0.15) is 5.54 Å². The van der Waals surface area contributed by atoms with E-state index in [-0.39, 0.29) is 12.1 Å². The highest BCUT2D eigenvalue weighted by molar-refractivity contribution is 6.63. The van der Waals surface area contributed by atoms with Gasteiger partial charge >= 0.3 is 13.1 Å².